The van der Waals surface area contributed by atoms with E-state index in [9.17, 15) is 14.7 Å². The predicted molar refractivity (Wildman–Crippen MR) is 109 cm³/mol. The predicted octanol–water partition coefficient (Wildman–Crippen LogP) is 3.88. The zero-order chi connectivity index (χ0) is 20.8. The Morgan fingerprint density at radius 3 is 2.21 bits per heavy atom. The molecule has 0 fully saturated rings. The van der Waals surface area contributed by atoms with Crippen LogP contribution in [0.4, 0.5) is 0 Å². The molecule has 2 aromatic rings. The van der Waals surface area contributed by atoms with Crippen LogP contribution in [-0.4, -0.2) is 42.6 Å². The highest BCUT2D eigenvalue weighted by Gasteiger charge is 2.30. The van der Waals surface area contributed by atoms with Gasteiger partial charge in [0.1, 0.15) is 12.3 Å². The van der Waals surface area contributed by atoms with Gasteiger partial charge in [-0.15, -0.1) is 0 Å². The normalized spacial score (nSPS) is 13.4. The zero-order valence-corrected chi connectivity index (χ0v) is 16.4. The quantitative estimate of drug-likeness (QED) is 0.361. The fourth-order valence-electron chi connectivity index (χ4n) is 3.60. The van der Waals surface area contributed by atoms with E-state index in [1.165, 1.54) is 0 Å². The van der Waals surface area contributed by atoms with Gasteiger partial charge in [-0.1, -0.05) is 55.5 Å². The molecule has 2 aromatic carbocycles. The molecule has 0 saturated heterocycles. The summed E-state index contributed by atoms with van der Waals surface area (Å²) >= 11 is 0. The molecule has 0 radical (unpaired) electrons. The van der Waals surface area contributed by atoms with Gasteiger partial charge in [0.2, 0.25) is 0 Å². The van der Waals surface area contributed by atoms with Crippen molar-refractivity contribution in [3.8, 4) is 11.1 Å². The van der Waals surface area contributed by atoms with Crippen LogP contribution in [0.3, 0.4) is 0 Å². The van der Waals surface area contributed by atoms with Crippen molar-refractivity contribution in [3.05, 3.63) is 59.7 Å². The SMILES string of the molecule is CCCOC[C@H](CC(=N)C(=O)OCC1c2ccccc2-c2ccccc21)C(=O)O. The number of carboxylic acids is 1. The van der Waals surface area contributed by atoms with Crippen molar-refractivity contribution in [2.45, 2.75) is 25.7 Å². The maximum absolute atomic E-state index is 12.3. The van der Waals surface area contributed by atoms with E-state index in [2.05, 4.69) is 0 Å². The largest absolute Gasteiger partial charge is 0.481 e. The summed E-state index contributed by atoms with van der Waals surface area (Å²) in [5.74, 6) is -2.90. The first-order valence-electron chi connectivity index (χ1n) is 9.76. The Labute approximate surface area is 170 Å². The molecule has 0 amide bonds. The number of aliphatic carboxylic acids is 1. The van der Waals surface area contributed by atoms with Crippen molar-refractivity contribution >= 4 is 17.7 Å². The summed E-state index contributed by atoms with van der Waals surface area (Å²) in [6.45, 7) is 2.46. The molecule has 29 heavy (non-hydrogen) atoms. The molecule has 0 heterocycles. The lowest BCUT2D eigenvalue weighted by atomic mass is 9.98. The van der Waals surface area contributed by atoms with Crippen LogP contribution in [0, 0.1) is 11.3 Å². The average Bonchev–Trinajstić information content (AvgIpc) is 3.05. The third kappa shape index (κ3) is 4.71. The van der Waals surface area contributed by atoms with E-state index in [1.54, 1.807) is 0 Å². The number of carboxylic acid groups (broad SMARTS) is 1. The van der Waals surface area contributed by atoms with Gasteiger partial charge in [-0.2, -0.15) is 0 Å². The van der Waals surface area contributed by atoms with E-state index in [0.717, 1.165) is 28.7 Å². The highest BCUT2D eigenvalue weighted by atomic mass is 16.5. The molecule has 0 saturated carbocycles. The van der Waals surface area contributed by atoms with E-state index in [4.69, 9.17) is 14.9 Å². The van der Waals surface area contributed by atoms with Gasteiger partial charge in [0, 0.05) is 18.9 Å². The van der Waals surface area contributed by atoms with Crippen molar-refractivity contribution in [1.82, 2.24) is 0 Å². The number of benzene rings is 2. The van der Waals surface area contributed by atoms with Crippen LogP contribution in [0.25, 0.3) is 11.1 Å². The molecule has 6 heteroatoms. The summed E-state index contributed by atoms with van der Waals surface area (Å²) in [4.78, 5) is 23.7. The van der Waals surface area contributed by atoms with Crippen LogP contribution in [0.15, 0.2) is 48.5 Å². The lowest BCUT2D eigenvalue weighted by Crippen LogP contribution is -2.28. The summed E-state index contributed by atoms with van der Waals surface area (Å²) in [6, 6.07) is 16.0. The fourth-order valence-corrected chi connectivity index (χ4v) is 3.60. The van der Waals surface area contributed by atoms with Crippen molar-refractivity contribution in [1.29, 1.82) is 5.41 Å². The Kier molecular flexibility index (Phi) is 6.77. The highest BCUT2D eigenvalue weighted by Crippen LogP contribution is 2.44. The molecule has 2 N–H and O–H groups in total. The van der Waals surface area contributed by atoms with Crippen molar-refractivity contribution < 1.29 is 24.2 Å². The van der Waals surface area contributed by atoms with Crippen LogP contribution in [-0.2, 0) is 19.1 Å². The summed E-state index contributed by atoms with van der Waals surface area (Å²) in [7, 11) is 0. The Morgan fingerprint density at radius 1 is 1.07 bits per heavy atom. The smallest absolute Gasteiger partial charge is 0.351 e. The topological polar surface area (TPSA) is 96.7 Å². The van der Waals surface area contributed by atoms with Gasteiger partial charge >= 0.3 is 11.9 Å². The van der Waals surface area contributed by atoms with Crippen LogP contribution in [0.2, 0.25) is 0 Å². The lowest BCUT2D eigenvalue weighted by Gasteiger charge is -2.16. The van der Waals surface area contributed by atoms with Gasteiger partial charge in [0.15, 0.2) is 0 Å². The second-order valence-electron chi connectivity index (χ2n) is 7.12. The van der Waals surface area contributed by atoms with Gasteiger partial charge < -0.3 is 14.6 Å². The number of hydrogen-bond donors (Lipinski definition) is 2. The van der Waals surface area contributed by atoms with E-state index < -0.39 is 17.9 Å². The molecule has 3 rings (SSSR count). The molecule has 6 nitrogen and oxygen atoms in total. The number of carbonyl (C=O) groups is 2. The lowest BCUT2D eigenvalue weighted by molar-refractivity contribution is -0.143. The Bertz CT molecular complexity index is 862. The molecule has 0 bridgehead atoms. The van der Waals surface area contributed by atoms with E-state index in [0.29, 0.717) is 6.61 Å². The number of ether oxygens (including phenoxy) is 2. The molecule has 152 valence electrons. The van der Waals surface area contributed by atoms with Gasteiger partial charge in [-0.05, 0) is 28.7 Å². The molecule has 0 spiro atoms. The summed E-state index contributed by atoms with van der Waals surface area (Å²) in [5, 5.41) is 17.3. The van der Waals surface area contributed by atoms with Gasteiger partial charge in [0.25, 0.3) is 0 Å². The maximum Gasteiger partial charge on any atom is 0.351 e. The minimum Gasteiger partial charge on any atom is -0.481 e. The van der Waals surface area contributed by atoms with Gasteiger partial charge in [-0.25, -0.2) is 4.79 Å². The third-order valence-electron chi connectivity index (χ3n) is 5.06. The highest BCUT2D eigenvalue weighted by molar-refractivity contribution is 6.35. The molecule has 1 aliphatic rings. The summed E-state index contributed by atoms with van der Waals surface area (Å²) < 4.78 is 10.7. The second kappa shape index (κ2) is 9.47. The first-order chi connectivity index (χ1) is 14.0. The molecule has 1 aliphatic carbocycles. The second-order valence-corrected chi connectivity index (χ2v) is 7.12. The van der Waals surface area contributed by atoms with E-state index in [1.807, 2.05) is 55.5 Å². The molecule has 0 aromatic heterocycles. The number of fused-ring (bicyclic) bond motifs is 3. The first kappa shape index (κ1) is 20.7. The van der Waals surface area contributed by atoms with Crippen LogP contribution < -0.4 is 0 Å². The number of esters is 1. The number of nitrogens with one attached hydrogen (secondary N) is 1. The standard InChI is InChI=1S/C23H25NO5/c1-2-11-28-13-15(22(25)26)12-21(24)23(27)29-14-20-18-9-5-3-7-16(18)17-8-4-6-10-19(17)20/h3-10,15,20,24H,2,11-14H2,1H3,(H,25,26)/t15-/m0/s1. The Morgan fingerprint density at radius 2 is 1.66 bits per heavy atom. The van der Waals surface area contributed by atoms with Crippen LogP contribution in [0.5, 0.6) is 0 Å². The number of carbonyl (C=O) groups excluding carboxylic acids is 1. The Balaban J connectivity index is 1.63. The number of hydrogen-bond acceptors (Lipinski definition) is 5. The van der Waals surface area contributed by atoms with Crippen LogP contribution >= 0.6 is 0 Å². The van der Waals surface area contributed by atoms with Crippen molar-refractivity contribution in [2.24, 2.45) is 5.92 Å². The minimum absolute atomic E-state index is 0.0256. The molecular formula is C23H25NO5. The van der Waals surface area contributed by atoms with Gasteiger partial charge in [0.05, 0.1) is 12.5 Å². The van der Waals surface area contributed by atoms with Crippen molar-refractivity contribution in [3.63, 3.8) is 0 Å². The summed E-state index contributed by atoms with van der Waals surface area (Å²) in [5.41, 5.74) is 4.07. The molecular weight excluding hydrogens is 370 g/mol. The molecule has 1 atom stereocenters. The maximum atomic E-state index is 12.3. The zero-order valence-electron chi connectivity index (χ0n) is 16.4. The van der Waals surface area contributed by atoms with Gasteiger partial charge in [-0.3, -0.25) is 10.2 Å². The van der Waals surface area contributed by atoms with E-state index in [-0.39, 0.29) is 31.3 Å². The first-order valence-corrected chi connectivity index (χ1v) is 9.76. The fraction of sp³-hybridized carbons (Fsp3) is 0.348. The van der Waals surface area contributed by atoms with Crippen molar-refractivity contribution in [2.75, 3.05) is 19.8 Å². The minimum atomic E-state index is -1.09. The average molecular weight is 395 g/mol. The number of rotatable bonds is 10. The van der Waals surface area contributed by atoms with Crippen LogP contribution in [0.1, 0.15) is 36.8 Å². The molecule has 0 aliphatic heterocycles. The Hall–Kier alpha value is -2.99. The summed E-state index contributed by atoms with van der Waals surface area (Å²) in [6.07, 6.45) is 0.561. The third-order valence-corrected chi connectivity index (χ3v) is 5.06. The molecule has 0 unspecified atom stereocenters. The monoisotopic (exact) mass is 395 g/mol. The van der Waals surface area contributed by atoms with E-state index >= 15 is 0 Å².